The molecule has 0 unspecified atom stereocenters. The van der Waals surface area contributed by atoms with Gasteiger partial charge in [-0.25, -0.2) is 4.90 Å². The molecule has 0 aliphatic carbocycles. The monoisotopic (exact) mass is 309 g/mol. The Morgan fingerprint density at radius 3 is 1.89 bits per heavy atom. The highest BCUT2D eigenvalue weighted by molar-refractivity contribution is 6.62. The molecule has 0 N–H and O–H groups in total. The predicted octanol–water partition coefficient (Wildman–Crippen LogP) is 3.27. The first kappa shape index (κ1) is 13.9. The molecule has 0 spiro atoms. The number of anilines is 1. The van der Waals surface area contributed by atoms with E-state index in [2.05, 4.69) is 0 Å². The molecule has 1 heterocycles. The van der Waals surface area contributed by atoms with E-state index in [0.717, 1.165) is 18.2 Å². The summed E-state index contributed by atoms with van der Waals surface area (Å²) in [6, 6.07) is 4.17. The number of halogens is 5. The lowest BCUT2D eigenvalue weighted by Crippen LogP contribution is -2.32. The third-order valence-electron chi connectivity index (χ3n) is 2.42. The minimum Gasteiger partial charge on any atom is -0.267 e. The quantitative estimate of drug-likeness (QED) is 0.747. The highest BCUT2D eigenvalue weighted by Crippen LogP contribution is 2.39. The second-order valence-corrected chi connectivity index (χ2v) is 4.34. The van der Waals surface area contributed by atoms with Crippen molar-refractivity contribution in [3.05, 3.63) is 39.9 Å². The molecule has 8 heteroatoms. The summed E-state index contributed by atoms with van der Waals surface area (Å²) in [6.45, 7) is 0. The fourth-order valence-electron chi connectivity index (χ4n) is 1.60. The first-order chi connectivity index (χ1) is 8.75. The van der Waals surface area contributed by atoms with E-state index in [4.69, 9.17) is 23.2 Å². The molecule has 0 radical (unpaired) electrons. The summed E-state index contributed by atoms with van der Waals surface area (Å²) in [5.41, 5.74) is -1.72. The number of hydrogen-bond donors (Lipinski definition) is 0. The van der Waals surface area contributed by atoms with Gasteiger partial charge < -0.3 is 0 Å². The van der Waals surface area contributed by atoms with Crippen LogP contribution in [0, 0.1) is 0 Å². The molecule has 0 saturated heterocycles. The van der Waals surface area contributed by atoms with E-state index in [1.807, 2.05) is 0 Å². The molecule has 1 aliphatic heterocycles. The molecule has 2 rings (SSSR count). The Labute approximate surface area is 115 Å². The second-order valence-electron chi connectivity index (χ2n) is 3.59. The third-order valence-corrected chi connectivity index (χ3v) is 3.22. The molecule has 1 aromatic carbocycles. The number of para-hydroxylation sites is 1. The molecule has 3 nitrogen and oxygen atoms in total. The normalized spacial score (nSPS) is 16.6. The maximum Gasteiger partial charge on any atom is 0.418 e. The molecule has 0 bridgehead atoms. The number of nitrogens with zero attached hydrogens (tertiary/aromatic N) is 1. The smallest absolute Gasteiger partial charge is 0.267 e. The number of imide groups is 1. The van der Waals surface area contributed by atoms with Crippen molar-refractivity contribution >= 4 is 40.7 Å². The Morgan fingerprint density at radius 2 is 1.42 bits per heavy atom. The van der Waals surface area contributed by atoms with Gasteiger partial charge in [0.1, 0.15) is 10.1 Å². The topological polar surface area (TPSA) is 37.4 Å². The Kier molecular flexibility index (Phi) is 3.32. The number of alkyl halides is 3. The molecule has 100 valence electrons. The lowest BCUT2D eigenvalue weighted by Gasteiger charge is -2.19. The van der Waals surface area contributed by atoms with Crippen molar-refractivity contribution in [2.24, 2.45) is 0 Å². The molecule has 0 fully saturated rings. The lowest BCUT2D eigenvalue weighted by atomic mass is 10.1. The van der Waals surface area contributed by atoms with Crippen LogP contribution in [0.5, 0.6) is 0 Å². The van der Waals surface area contributed by atoms with Gasteiger partial charge in [-0.3, -0.25) is 9.59 Å². The summed E-state index contributed by atoms with van der Waals surface area (Å²) in [5.74, 6) is -2.15. The summed E-state index contributed by atoms with van der Waals surface area (Å²) in [6.07, 6.45) is -4.71. The zero-order valence-electron chi connectivity index (χ0n) is 8.96. The summed E-state index contributed by atoms with van der Waals surface area (Å²) >= 11 is 10.9. The Balaban J connectivity index is 2.57. The minimum absolute atomic E-state index is 0.313. The molecule has 1 aromatic rings. The van der Waals surface area contributed by atoms with E-state index in [1.165, 1.54) is 6.07 Å². The molecular weight excluding hydrogens is 306 g/mol. The van der Waals surface area contributed by atoms with E-state index in [-0.39, 0.29) is 0 Å². The van der Waals surface area contributed by atoms with Gasteiger partial charge in [0.2, 0.25) is 0 Å². The highest BCUT2D eigenvalue weighted by Gasteiger charge is 2.43. The van der Waals surface area contributed by atoms with E-state index < -0.39 is 39.3 Å². The van der Waals surface area contributed by atoms with Gasteiger partial charge in [-0.1, -0.05) is 35.3 Å². The molecule has 0 saturated carbocycles. The first-order valence-electron chi connectivity index (χ1n) is 4.85. The standard InChI is InChI=1S/C11H4Cl2F3NO2/c12-7-8(13)10(19)17(9(7)18)6-4-2-1-3-5(6)11(14,15)16/h1-4H. The number of rotatable bonds is 1. The lowest BCUT2D eigenvalue weighted by molar-refractivity contribution is -0.137. The number of benzene rings is 1. The van der Waals surface area contributed by atoms with Gasteiger partial charge in [-0.15, -0.1) is 0 Å². The summed E-state index contributed by atoms with van der Waals surface area (Å²) < 4.78 is 38.5. The van der Waals surface area contributed by atoms with Crippen LogP contribution < -0.4 is 4.90 Å². The van der Waals surface area contributed by atoms with Crippen LogP contribution in [0.15, 0.2) is 34.3 Å². The van der Waals surface area contributed by atoms with Gasteiger partial charge in [-0.05, 0) is 12.1 Å². The molecule has 19 heavy (non-hydrogen) atoms. The van der Waals surface area contributed by atoms with Crippen LogP contribution in [0.1, 0.15) is 5.56 Å². The van der Waals surface area contributed by atoms with Gasteiger partial charge in [-0.2, -0.15) is 13.2 Å². The van der Waals surface area contributed by atoms with Crippen LogP contribution in [0.25, 0.3) is 0 Å². The Hall–Kier alpha value is -1.53. The third kappa shape index (κ3) is 2.21. The van der Waals surface area contributed by atoms with Crippen molar-refractivity contribution < 1.29 is 22.8 Å². The van der Waals surface area contributed by atoms with Gasteiger partial charge >= 0.3 is 6.18 Å². The van der Waals surface area contributed by atoms with Gasteiger partial charge in [0.05, 0.1) is 11.3 Å². The fraction of sp³-hybridized carbons (Fsp3) is 0.0909. The van der Waals surface area contributed by atoms with E-state index in [0.29, 0.717) is 4.90 Å². The largest absolute Gasteiger partial charge is 0.418 e. The zero-order valence-corrected chi connectivity index (χ0v) is 10.5. The number of hydrogen-bond acceptors (Lipinski definition) is 2. The predicted molar refractivity (Wildman–Crippen MR) is 62.7 cm³/mol. The maximum absolute atomic E-state index is 12.8. The molecule has 0 aromatic heterocycles. The highest BCUT2D eigenvalue weighted by atomic mass is 35.5. The maximum atomic E-state index is 12.8. The van der Waals surface area contributed by atoms with Crippen molar-refractivity contribution in [3.8, 4) is 0 Å². The summed E-state index contributed by atoms with van der Waals surface area (Å²) in [4.78, 5) is 23.7. The molecular formula is C11H4Cl2F3NO2. The Morgan fingerprint density at radius 1 is 0.947 bits per heavy atom. The van der Waals surface area contributed by atoms with Gasteiger partial charge in [0, 0.05) is 0 Å². The molecule has 0 atom stereocenters. The average molecular weight is 310 g/mol. The number of carbonyl (C=O) groups excluding carboxylic acids is 2. The van der Waals surface area contributed by atoms with E-state index in [9.17, 15) is 22.8 Å². The van der Waals surface area contributed by atoms with Gasteiger partial charge in [0.25, 0.3) is 11.8 Å². The summed E-state index contributed by atoms with van der Waals surface area (Å²) in [7, 11) is 0. The van der Waals surface area contributed by atoms with Crippen LogP contribution in [-0.2, 0) is 15.8 Å². The number of amides is 2. The minimum atomic E-state index is -4.71. The van der Waals surface area contributed by atoms with E-state index in [1.54, 1.807) is 0 Å². The first-order valence-corrected chi connectivity index (χ1v) is 5.61. The van der Waals surface area contributed by atoms with Crippen molar-refractivity contribution in [1.29, 1.82) is 0 Å². The van der Waals surface area contributed by atoms with Crippen molar-refractivity contribution in [3.63, 3.8) is 0 Å². The number of carbonyl (C=O) groups is 2. The average Bonchev–Trinajstić information content (AvgIpc) is 2.53. The van der Waals surface area contributed by atoms with Crippen LogP contribution in [0.2, 0.25) is 0 Å². The molecule has 2 amide bonds. The van der Waals surface area contributed by atoms with Crippen molar-refractivity contribution in [2.75, 3.05) is 4.90 Å². The van der Waals surface area contributed by atoms with Crippen molar-refractivity contribution in [2.45, 2.75) is 6.18 Å². The van der Waals surface area contributed by atoms with Crippen molar-refractivity contribution in [1.82, 2.24) is 0 Å². The second kappa shape index (κ2) is 4.54. The summed E-state index contributed by atoms with van der Waals surface area (Å²) in [5, 5.41) is -1.19. The zero-order chi connectivity index (χ0) is 14.4. The van der Waals surface area contributed by atoms with Crippen LogP contribution >= 0.6 is 23.2 Å². The fourth-order valence-corrected chi connectivity index (χ4v) is 1.93. The Bertz CT molecular complexity index is 586. The van der Waals surface area contributed by atoms with E-state index >= 15 is 0 Å². The van der Waals surface area contributed by atoms with Crippen LogP contribution in [0.3, 0.4) is 0 Å². The molecule has 1 aliphatic rings. The SMILES string of the molecule is O=C1C(Cl)=C(Cl)C(=O)N1c1ccccc1C(F)(F)F. The van der Waals surface area contributed by atoms with Crippen LogP contribution in [0.4, 0.5) is 18.9 Å². The van der Waals surface area contributed by atoms with Gasteiger partial charge in [0.15, 0.2) is 0 Å². The van der Waals surface area contributed by atoms with Crippen LogP contribution in [-0.4, -0.2) is 11.8 Å².